The van der Waals surface area contributed by atoms with Crippen molar-refractivity contribution in [2.75, 3.05) is 19.7 Å². The molecule has 1 aliphatic rings. The van der Waals surface area contributed by atoms with E-state index in [1.165, 1.54) is 0 Å². The Morgan fingerprint density at radius 2 is 2.00 bits per heavy atom. The van der Waals surface area contributed by atoms with E-state index in [0.717, 1.165) is 12.0 Å². The molecule has 1 aromatic carbocycles. The van der Waals surface area contributed by atoms with Crippen LogP contribution in [0.5, 0.6) is 0 Å². The Hall–Kier alpha value is -2.08. The maximum Gasteiger partial charge on any atom is 0.408 e. The van der Waals surface area contributed by atoms with Crippen molar-refractivity contribution in [2.45, 2.75) is 52.4 Å². The first-order chi connectivity index (χ1) is 12.3. The molecule has 6 heteroatoms. The minimum absolute atomic E-state index is 0.0118. The van der Waals surface area contributed by atoms with Crippen LogP contribution in [0.3, 0.4) is 0 Å². The summed E-state index contributed by atoms with van der Waals surface area (Å²) in [5.74, 6) is -0.0647. The van der Waals surface area contributed by atoms with Crippen LogP contribution in [0.1, 0.15) is 39.7 Å². The summed E-state index contributed by atoms with van der Waals surface area (Å²) < 4.78 is 11.0. The van der Waals surface area contributed by atoms with Gasteiger partial charge in [0, 0.05) is 13.1 Å². The summed E-state index contributed by atoms with van der Waals surface area (Å²) >= 11 is 0. The zero-order valence-corrected chi connectivity index (χ0v) is 16.2. The molecule has 0 radical (unpaired) electrons. The second-order valence-electron chi connectivity index (χ2n) is 7.44. The molecule has 1 N–H and O–H groups in total. The molecule has 1 heterocycles. The van der Waals surface area contributed by atoms with Crippen LogP contribution in [-0.4, -0.2) is 48.2 Å². The van der Waals surface area contributed by atoms with Gasteiger partial charge in [0.25, 0.3) is 0 Å². The highest BCUT2D eigenvalue weighted by atomic mass is 16.5. The molecule has 144 valence electrons. The topological polar surface area (TPSA) is 67.9 Å². The van der Waals surface area contributed by atoms with Gasteiger partial charge in [-0.05, 0) is 25.3 Å². The summed E-state index contributed by atoms with van der Waals surface area (Å²) in [7, 11) is 0. The fraction of sp³-hybridized carbons (Fsp3) is 0.600. The molecule has 0 saturated carbocycles. The van der Waals surface area contributed by atoms with Crippen molar-refractivity contribution >= 4 is 12.0 Å². The number of hydrogen-bond acceptors (Lipinski definition) is 4. The van der Waals surface area contributed by atoms with Crippen LogP contribution in [0.4, 0.5) is 4.79 Å². The fourth-order valence-electron chi connectivity index (χ4n) is 2.98. The summed E-state index contributed by atoms with van der Waals surface area (Å²) in [5, 5.41) is 2.77. The lowest BCUT2D eigenvalue weighted by atomic mass is 9.97. The maximum absolute atomic E-state index is 13.0. The number of carbonyl (C=O) groups is 2. The van der Waals surface area contributed by atoms with Gasteiger partial charge in [-0.1, -0.05) is 50.6 Å². The van der Waals surface area contributed by atoms with E-state index in [-0.39, 0.29) is 24.0 Å². The summed E-state index contributed by atoms with van der Waals surface area (Å²) in [6, 6.07) is 8.87. The van der Waals surface area contributed by atoms with Gasteiger partial charge in [0.05, 0.1) is 12.2 Å². The lowest BCUT2D eigenvalue weighted by Crippen LogP contribution is -2.57. The Morgan fingerprint density at radius 3 is 2.62 bits per heavy atom. The van der Waals surface area contributed by atoms with Crippen LogP contribution in [0.25, 0.3) is 0 Å². The minimum atomic E-state index is -0.600. The van der Waals surface area contributed by atoms with E-state index in [2.05, 4.69) is 5.32 Å². The quantitative estimate of drug-likeness (QED) is 0.845. The standard InChI is InChI=1S/C20H30N2O4/c1-5-15(2)17(18(23)22-11-12-26-20(3,4)14-22)21-19(24)25-13-16-9-7-6-8-10-16/h6-10,15,17H,5,11-14H2,1-4H3,(H,21,24)/t15-,17-/m0/s1. The van der Waals surface area contributed by atoms with Gasteiger partial charge in [0.2, 0.25) is 5.91 Å². The zero-order chi connectivity index (χ0) is 19.2. The third-order valence-electron chi connectivity index (χ3n) is 4.70. The molecule has 1 aromatic rings. The van der Waals surface area contributed by atoms with Gasteiger partial charge in [-0.15, -0.1) is 0 Å². The number of benzene rings is 1. The fourth-order valence-corrected chi connectivity index (χ4v) is 2.98. The maximum atomic E-state index is 13.0. The zero-order valence-electron chi connectivity index (χ0n) is 16.2. The van der Waals surface area contributed by atoms with E-state index in [4.69, 9.17) is 9.47 Å². The molecule has 26 heavy (non-hydrogen) atoms. The van der Waals surface area contributed by atoms with Crippen molar-refractivity contribution in [1.82, 2.24) is 10.2 Å². The molecule has 2 atom stereocenters. The van der Waals surface area contributed by atoms with Gasteiger partial charge in [0.1, 0.15) is 12.6 Å². The molecule has 1 fully saturated rings. The number of nitrogens with zero attached hydrogens (tertiary/aromatic N) is 1. The molecule has 2 amide bonds. The predicted octanol–water partition coefficient (Wildman–Crippen LogP) is 2.96. The SMILES string of the molecule is CC[C@H](C)[C@H](NC(=O)OCc1ccccc1)C(=O)N1CCOC(C)(C)C1. The molecule has 0 unspecified atom stereocenters. The summed E-state index contributed by atoms with van der Waals surface area (Å²) in [6.45, 7) is 9.63. The van der Waals surface area contributed by atoms with Gasteiger partial charge in [0.15, 0.2) is 0 Å². The Labute approximate surface area is 155 Å². The average molecular weight is 362 g/mol. The number of nitrogens with one attached hydrogen (secondary N) is 1. The van der Waals surface area contributed by atoms with E-state index in [1.54, 1.807) is 4.90 Å². The molecule has 0 spiro atoms. The van der Waals surface area contributed by atoms with Gasteiger partial charge in [-0.2, -0.15) is 0 Å². The molecule has 0 bridgehead atoms. The number of rotatable bonds is 6. The molecular weight excluding hydrogens is 332 g/mol. The van der Waals surface area contributed by atoms with E-state index >= 15 is 0 Å². The van der Waals surface area contributed by atoms with Crippen LogP contribution in [0.15, 0.2) is 30.3 Å². The van der Waals surface area contributed by atoms with Crippen LogP contribution in [0, 0.1) is 5.92 Å². The predicted molar refractivity (Wildman–Crippen MR) is 99.6 cm³/mol. The Bertz CT molecular complexity index is 603. The number of amides is 2. The smallest absolute Gasteiger partial charge is 0.408 e. The molecule has 0 aliphatic carbocycles. The van der Waals surface area contributed by atoms with Crippen molar-refractivity contribution < 1.29 is 19.1 Å². The van der Waals surface area contributed by atoms with Crippen molar-refractivity contribution in [3.63, 3.8) is 0 Å². The van der Waals surface area contributed by atoms with Crippen molar-refractivity contribution in [2.24, 2.45) is 5.92 Å². The van der Waals surface area contributed by atoms with Crippen LogP contribution < -0.4 is 5.32 Å². The molecule has 1 saturated heterocycles. The molecular formula is C20H30N2O4. The summed E-state index contributed by atoms with van der Waals surface area (Å²) in [5.41, 5.74) is 0.533. The number of alkyl carbamates (subject to hydrolysis) is 1. The number of carbonyl (C=O) groups excluding carboxylic acids is 2. The van der Waals surface area contributed by atoms with E-state index in [0.29, 0.717) is 19.7 Å². The number of hydrogen-bond donors (Lipinski definition) is 1. The first-order valence-corrected chi connectivity index (χ1v) is 9.22. The Balaban J connectivity index is 1.97. The van der Waals surface area contributed by atoms with Gasteiger partial charge >= 0.3 is 6.09 Å². The lowest BCUT2D eigenvalue weighted by molar-refractivity contribution is -0.149. The van der Waals surface area contributed by atoms with Gasteiger partial charge in [-0.25, -0.2) is 4.79 Å². The third kappa shape index (κ3) is 5.73. The van der Waals surface area contributed by atoms with Crippen LogP contribution in [-0.2, 0) is 20.9 Å². The third-order valence-corrected chi connectivity index (χ3v) is 4.70. The largest absolute Gasteiger partial charge is 0.445 e. The van der Waals surface area contributed by atoms with E-state index in [1.807, 2.05) is 58.0 Å². The highest BCUT2D eigenvalue weighted by molar-refractivity contribution is 5.86. The van der Waals surface area contributed by atoms with Crippen molar-refractivity contribution in [1.29, 1.82) is 0 Å². The number of ether oxygens (including phenoxy) is 2. The Kier molecular flexibility index (Phi) is 7.03. The average Bonchev–Trinajstić information content (AvgIpc) is 2.63. The van der Waals surface area contributed by atoms with Crippen LogP contribution in [0.2, 0.25) is 0 Å². The van der Waals surface area contributed by atoms with Gasteiger partial charge < -0.3 is 19.7 Å². The lowest BCUT2D eigenvalue weighted by Gasteiger charge is -2.40. The Morgan fingerprint density at radius 1 is 1.31 bits per heavy atom. The second-order valence-corrected chi connectivity index (χ2v) is 7.44. The summed E-state index contributed by atoms with van der Waals surface area (Å²) in [4.78, 5) is 27.0. The highest BCUT2D eigenvalue weighted by Crippen LogP contribution is 2.19. The molecule has 6 nitrogen and oxygen atoms in total. The van der Waals surface area contributed by atoms with Crippen molar-refractivity contribution in [3.8, 4) is 0 Å². The van der Waals surface area contributed by atoms with Crippen LogP contribution >= 0.6 is 0 Å². The second kappa shape index (κ2) is 9.03. The first-order valence-electron chi connectivity index (χ1n) is 9.22. The molecule has 1 aliphatic heterocycles. The first kappa shape index (κ1) is 20.2. The normalized spacial score (nSPS) is 18.7. The number of morpholine rings is 1. The highest BCUT2D eigenvalue weighted by Gasteiger charge is 2.35. The monoisotopic (exact) mass is 362 g/mol. The van der Waals surface area contributed by atoms with E-state index in [9.17, 15) is 9.59 Å². The molecule has 2 rings (SSSR count). The van der Waals surface area contributed by atoms with Crippen molar-refractivity contribution in [3.05, 3.63) is 35.9 Å². The minimum Gasteiger partial charge on any atom is -0.445 e. The van der Waals surface area contributed by atoms with Gasteiger partial charge in [-0.3, -0.25) is 4.79 Å². The summed E-state index contributed by atoms with van der Waals surface area (Å²) in [6.07, 6.45) is 0.211. The molecule has 0 aromatic heterocycles. The van der Waals surface area contributed by atoms with E-state index < -0.39 is 12.1 Å².